The lowest BCUT2D eigenvalue weighted by atomic mass is 10.1. The second-order valence-corrected chi connectivity index (χ2v) is 7.94. The van der Waals surface area contributed by atoms with Crippen LogP contribution in [0.5, 0.6) is 11.5 Å². The van der Waals surface area contributed by atoms with Crippen molar-refractivity contribution in [3.05, 3.63) is 94.6 Å². The summed E-state index contributed by atoms with van der Waals surface area (Å²) >= 11 is 6.48. The molecule has 0 amide bonds. The van der Waals surface area contributed by atoms with Crippen LogP contribution in [0.3, 0.4) is 0 Å². The first kappa shape index (κ1) is 24.3. The number of alkyl halides is 3. The van der Waals surface area contributed by atoms with Gasteiger partial charge in [0.2, 0.25) is 0 Å². The lowest BCUT2D eigenvalue weighted by molar-refractivity contribution is -0.137. The number of nitrogens with one attached hydrogen (secondary N) is 1. The molecule has 4 aromatic rings. The Balaban J connectivity index is 1.46. The zero-order chi connectivity index (χ0) is 24.8. The van der Waals surface area contributed by atoms with Crippen molar-refractivity contribution >= 4 is 34.4 Å². The fourth-order valence-corrected chi connectivity index (χ4v) is 3.62. The van der Waals surface area contributed by atoms with Crippen LogP contribution in [0.4, 0.5) is 19.0 Å². The molecule has 0 aliphatic rings. The van der Waals surface area contributed by atoms with E-state index in [2.05, 4.69) is 21.6 Å². The molecule has 0 spiro atoms. The predicted octanol–water partition coefficient (Wildman–Crippen LogP) is 7.33. The quantitative estimate of drug-likeness (QED) is 0.204. The molecule has 35 heavy (non-hydrogen) atoms. The van der Waals surface area contributed by atoms with Crippen LogP contribution in [0, 0.1) is 0 Å². The standard InChI is InChI=1S/C26H21ClF3N3O2/c1-2-34-23-13-18(14-32-33-24-10-9-21(15-31-24)26(28,29)30)12-22(27)25(23)35-16-17-7-8-19-5-3-4-6-20(19)11-17/h3-15H,2,16H2,1H3,(H,31,33)/b32-14-. The Hall–Kier alpha value is -3.78. The maximum atomic E-state index is 12.7. The fraction of sp³-hybridized carbons (Fsp3) is 0.154. The molecule has 180 valence electrons. The topological polar surface area (TPSA) is 55.7 Å². The van der Waals surface area contributed by atoms with Gasteiger partial charge in [-0.15, -0.1) is 0 Å². The Morgan fingerprint density at radius 3 is 2.51 bits per heavy atom. The third kappa shape index (κ3) is 6.22. The summed E-state index contributed by atoms with van der Waals surface area (Å²) in [7, 11) is 0. The van der Waals surface area contributed by atoms with Crippen molar-refractivity contribution in [2.45, 2.75) is 19.7 Å². The maximum absolute atomic E-state index is 12.7. The molecule has 0 fully saturated rings. The first-order chi connectivity index (χ1) is 16.8. The third-order valence-corrected chi connectivity index (χ3v) is 5.29. The van der Waals surface area contributed by atoms with Gasteiger partial charge in [0.15, 0.2) is 11.5 Å². The zero-order valence-electron chi connectivity index (χ0n) is 18.6. The van der Waals surface area contributed by atoms with Crippen LogP contribution in [0.2, 0.25) is 5.02 Å². The molecule has 1 aromatic heterocycles. The Morgan fingerprint density at radius 1 is 1.00 bits per heavy atom. The summed E-state index contributed by atoms with van der Waals surface area (Å²) < 4.78 is 49.7. The molecule has 0 atom stereocenters. The van der Waals surface area contributed by atoms with Gasteiger partial charge in [0.1, 0.15) is 12.4 Å². The number of ether oxygens (including phenoxy) is 2. The van der Waals surface area contributed by atoms with Gasteiger partial charge in [-0.2, -0.15) is 18.3 Å². The van der Waals surface area contributed by atoms with Gasteiger partial charge in [-0.3, -0.25) is 5.43 Å². The van der Waals surface area contributed by atoms with E-state index in [1.165, 1.54) is 12.3 Å². The smallest absolute Gasteiger partial charge is 0.417 e. The molecule has 0 aliphatic heterocycles. The maximum Gasteiger partial charge on any atom is 0.417 e. The Bertz CT molecular complexity index is 1340. The van der Waals surface area contributed by atoms with Gasteiger partial charge < -0.3 is 9.47 Å². The lowest BCUT2D eigenvalue weighted by Gasteiger charge is -2.15. The fourth-order valence-electron chi connectivity index (χ4n) is 3.35. The monoisotopic (exact) mass is 499 g/mol. The van der Waals surface area contributed by atoms with E-state index in [1.807, 2.05) is 43.3 Å². The minimum Gasteiger partial charge on any atom is -0.490 e. The summed E-state index contributed by atoms with van der Waals surface area (Å²) in [6, 6.07) is 19.7. The minimum atomic E-state index is -4.45. The Kier molecular flexibility index (Phi) is 7.41. The zero-order valence-corrected chi connectivity index (χ0v) is 19.4. The summed E-state index contributed by atoms with van der Waals surface area (Å²) in [5, 5.41) is 6.63. The van der Waals surface area contributed by atoms with Gasteiger partial charge in [0.25, 0.3) is 0 Å². The van der Waals surface area contributed by atoms with Gasteiger partial charge in [-0.05, 0) is 59.2 Å². The van der Waals surface area contributed by atoms with Crippen LogP contribution < -0.4 is 14.9 Å². The number of anilines is 1. The molecule has 0 bridgehead atoms. The molecule has 5 nitrogen and oxygen atoms in total. The molecule has 0 radical (unpaired) electrons. The summed E-state index contributed by atoms with van der Waals surface area (Å²) in [6.07, 6.45) is -2.25. The molecule has 1 heterocycles. The second kappa shape index (κ2) is 10.7. The molecule has 9 heteroatoms. The largest absolute Gasteiger partial charge is 0.490 e. The number of benzene rings is 3. The average molecular weight is 500 g/mol. The number of nitrogens with zero attached hydrogens (tertiary/aromatic N) is 2. The van der Waals surface area contributed by atoms with Gasteiger partial charge >= 0.3 is 6.18 Å². The SMILES string of the molecule is CCOc1cc(/C=N\Nc2ccc(C(F)(F)F)cn2)cc(Cl)c1OCc1ccc2ccccc2c1. The van der Waals surface area contributed by atoms with Crippen molar-refractivity contribution in [1.29, 1.82) is 0 Å². The van der Waals surface area contributed by atoms with Gasteiger partial charge in [-0.25, -0.2) is 4.98 Å². The van der Waals surface area contributed by atoms with Gasteiger partial charge in [0, 0.05) is 6.20 Å². The van der Waals surface area contributed by atoms with E-state index in [0.717, 1.165) is 28.6 Å². The highest BCUT2D eigenvalue weighted by molar-refractivity contribution is 6.32. The molecule has 0 aliphatic carbocycles. The van der Waals surface area contributed by atoms with Crippen LogP contribution >= 0.6 is 11.6 Å². The van der Waals surface area contributed by atoms with Gasteiger partial charge in [-0.1, -0.05) is 48.0 Å². The summed E-state index contributed by atoms with van der Waals surface area (Å²) in [6.45, 7) is 2.55. The summed E-state index contributed by atoms with van der Waals surface area (Å²) in [5.41, 5.74) is 3.36. The van der Waals surface area contributed by atoms with E-state index in [0.29, 0.717) is 35.3 Å². The van der Waals surface area contributed by atoms with Crippen LogP contribution in [0.15, 0.2) is 78.0 Å². The predicted molar refractivity (Wildman–Crippen MR) is 131 cm³/mol. The molecule has 0 saturated carbocycles. The highest BCUT2D eigenvalue weighted by atomic mass is 35.5. The Labute approximate surface area is 205 Å². The number of aromatic nitrogens is 1. The number of pyridine rings is 1. The first-order valence-electron chi connectivity index (χ1n) is 10.7. The van der Waals surface area contributed by atoms with E-state index in [1.54, 1.807) is 12.1 Å². The van der Waals surface area contributed by atoms with E-state index < -0.39 is 11.7 Å². The number of fused-ring (bicyclic) bond motifs is 1. The molecule has 4 rings (SSSR count). The average Bonchev–Trinajstić information content (AvgIpc) is 2.83. The van der Waals surface area contributed by atoms with Crippen molar-refractivity contribution in [2.24, 2.45) is 5.10 Å². The van der Waals surface area contributed by atoms with Crippen LogP contribution in [0.1, 0.15) is 23.6 Å². The molecule has 0 unspecified atom stereocenters. The minimum absolute atomic E-state index is 0.167. The number of hydrogen-bond donors (Lipinski definition) is 1. The van der Waals surface area contributed by atoms with Crippen molar-refractivity contribution in [3.63, 3.8) is 0 Å². The third-order valence-electron chi connectivity index (χ3n) is 5.01. The van der Waals surface area contributed by atoms with E-state index in [4.69, 9.17) is 21.1 Å². The summed E-state index contributed by atoms with van der Waals surface area (Å²) in [4.78, 5) is 3.71. The van der Waals surface area contributed by atoms with E-state index >= 15 is 0 Å². The Morgan fingerprint density at radius 2 is 1.80 bits per heavy atom. The molecular weight excluding hydrogens is 479 g/mol. The van der Waals surface area contributed by atoms with Gasteiger partial charge in [0.05, 0.1) is 23.4 Å². The normalized spacial score (nSPS) is 11.7. The highest BCUT2D eigenvalue weighted by Gasteiger charge is 2.30. The van der Waals surface area contributed by atoms with Crippen molar-refractivity contribution < 1.29 is 22.6 Å². The number of hydrogen-bond acceptors (Lipinski definition) is 5. The molecular formula is C26H21ClF3N3O2. The molecule has 3 aromatic carbocycles. The first-order valence-corrected chi connectivity index (χ1v) is 11.1. The van der Waals surface area contributed by atoms with Crippen molar-refractivity contribution in [1.82, 2.24) is 4.98 Å². The number of halogens is 4. The second-order valence-electron chi connectivity index (χ2n) is 7.53. The number of hydrazone groups is 1. The summed E-state index contributed by atoms with van der Waals surface area (Å²) in [5.74, 6) is 1.03. The van der Waals surface area contributed by atoms with E-state index in [9.17, 15) is 13.2 Å². The molecule has 0 saturated heterocycles. The number of rotatable bonds is 8. The molecule has 1 N–H and O–H groups in total. The van der Waals surface area contributed by atoms with Crippen molar-refractivity contribution in [2.75, 3.05) is 12.0 Å². The lowest BCUT2D eigenvalue weighted by Crippen LogP contribution is -2.05. The van der Waals surface area contributed by atoms with E-state index in [-0.39, 0.29) is 5.82 Å². The van der Waals surface area contributed by atoms with Crippen molar-refractivity contribution in [3.8, 4) is 11.5 Å². The van der Waals surface area contributed by atoms with Crippen LogP contribution in [0.25, 0.3) is 10.8 Å². The van der Waals surface area contributed by atoms with Crippen LogP contribution in [-0.4, -0.2) is 17.8 Å². The highest BCUT2D eigenvalue weighted by Crippen LogP contribution is 2.37. The van der Waals surface area contributed by atoms with Crippen LogP contribution in [-0.2, 0) is 12.8 Å².